The van der Waals surface area contributed by atoms with Gasteiger partial charge in [-0.1, -0.05) is 42.0 Å². The highest BCUT2D eigenvalue weighted by molar-refractivity contribution is 7.90. The Kier molecular flexibility index (Phi) is 7.96. The number of fused-ring (bicyclic) bond motifs is 1. The molecule has 1 aliphatic heterocycles. The standard InChI is InChI=1S/C32H28F3N5O4S/c1-21-9-12-25(13-10-21)45(42,43)40-17-15-26-29(36-20-37-30(26)40)39-16-5-8-24(19-39)23-11-14-28(44-32(33,34)35)27(18-23)38-31(41)22-6-3-2-4-7-22/h2-4,6-7,9-15,17-18,20,24H,5,8,16,19H2,1H3,(H,38,41). The number of hydrogen-bond acceptors (Lipinski definition) is 7. The SMILES string of the molecule is Cc1ccc(S(=O)(=O)n2ccc3c(N4CCCC(c5ccc(OC(F)(F)F)c(NC(=O)c6ccccc6)c5)C4)ncnc32)cc1. The van der Waals surface area contributed by atoms with Gasteiger partial charge < -0.3 is 15.0 Å². The Hall–Kier alpha value is -4.91. The Morgan fingerprint density at radius 3 is 2.49 bits per heavy atom. The molecule has 0 saturated carbocycles. The first-order valence-corrected chi connectivity index (χ1v) is 15.6. The predicted molar refractivity (Wildman–Crippen MR) is 163 cm³/mol. The molecule has 1 saturated heterocycles. The van der Waals surface area contributed by atoms with E-state index in [0.29, 0.717) is 29.9 Å². The molecule has 9 nitrogen and oxygen atoms in total. The minimum atomic E-state index is -4.95. The third kappa shape index (κ3) is 6.34. The second kappa shape index (κ2) is 11.9. The maximum Gasteiger partial charge on any atom is 0.573 e. The summed E-state index contributed by atoms with van der Waals surface area (Å²) >= 11 is 0. The van der Waals surface area contributed by atoms with Crippen LogP contribution >= 0.6 is 0 Å². The zero-order valence-electron chi connectivity index (χ0n) is 24.0. The fourth-order valence-electron chi connectivity index (χ4n) is 5.52. The molecule has 3 heterocycles. The molecule has 0 radical (unpaired) electrons. The van der Waals surface area contributed by atoms with Gasteiger partial charge in [-0.3, -0.25) is 4.79 Å². The number of benzene rings is 3. The van der Waals surface area contributed by atoms with Crippen LogP contribution < -0.4 is 15.0 Å². The highest BCUT2D eigenvalue weighted by atomic mass is 32.2. The van der Waals surface area contributed by atoms with Crippen LogP contribution in [0.2, 0.25) is 0 Å². The van der Waals surface area contributed by atoms with Gasteiger partial charge in [0.15, 0.2) is 11.4 Å². The summed E-state index contributed by atoms with van der Waals surface area (Å²) in [4.78, 5) is 23.8. The van der Waals surface area contributed by atoms with Crippen LogP contribution in [0.15, 0.2) is 96.3 Å². The second-order valence-corrected chi connectivity index (χ2v) is 12.6. The monoisotopic (exact) mass is 635 g/mol. The van der Waals surface area contributed by atoms with Crippen molar-refractivity contribution in [3.05, 3.63) is 108 Å². The molecular formula is C32H28F3N5O4S. The number of aromatic nitrogens is 3. The van der Waals surface area contributed by atoms with Gasteiger partial charge in [-0.05, 0) is 67.8 Å². The third-order valence-electron chi connectivity index (χ3n) is 7.71. The lowest BCUT2D eigenvalue weighted by molar-refractivity contribution is -0.274. The fraction of sp³-hybridized carbons (Fsp3) is 0.219. The van der Waals surface area contributed by atoms with Crippen LogP contribution in [0.4, 0.5) is 24.7 Å². The summed E-state index contributed by atoms with van der Waals surface area (Å²) < 4.78 is 71.8. The van der Waals surface area contributed by atoms with E-state index in [1.165, 1.54) is 24.7 Å². The molecule has 0 aliphatic carbocycles. The number of nitrogens with one attached hydrogen (secondary N) is 1. The van der Waals surface area contributed by atoms with Crippen molar-refractivity contribution < 1.29 is 31.1 Å². The van der Waals surface area contributed by atoms with E-state index in [4.69, 9.17) is 0 Å². The number of amides is 1. The van der Waals surface area contributed by atoms with Crippen molar-refractivity contribution in [1.82, 2.24) is 13.9 Å². The van der Waals surface area contributed by atoms with Gasteiger partial charge in [-0.15, -0.1) is 13.2 Å². The molecule has 3 aromatic carbocycles. The van der Waals surface area contributed by atoms with E-state index in [-0.39, 0.29) is 27.7 Å². The molecule has 13 heteroatoms. The highest BCUT2D eigenvalue weighted by Crippen LogP contribution is 2.37. The van der Waals surface area contributed by atoms with Gasteiger partial charge >= 0.3 is 6.36 Å². The Morgan fingerprint density at radius 1 is 1.00 bits per heavy atom. The molecular weight excluding hydrogens is 607 g/mol. The van der Waals surface area contributed by atoms with E-state index in [9.17, 15) is 26.4 Å². The second-order valence-electron chi connectivity index (χ2n) is 10.8. The first kappa shape index (κ1) is 30.1. The first-order valence-electron chi connectivity index (χ1n) is 14.1. The number of aryl methyl sites for hydroxylation is 1. The average molecular weight is 636 g/mol. The molecule has 1 unspecified atom stereocenters. The van der Waals surface area contributed by atoms with Crippen LogP contribution in [0.1, 0.15) is 40.2 Å². The molecule has 6 rings (SSSR count). The van der Waals surface area contributed by atoms with Crippen LogP contribution in [-0.2, 0) is 10.0 Å². The summed E-state index contributed by atoms with van der Waals surface area (Å²) in [6.45, 7) is 2.96. The van der Waals surface area contributed by atoms with Gasteiger partial charge in [0.05, 0.1) is 16.0 Å². The van der Waals surface area contributed by atoms with Crippen molar-refractivity contribution in [2.24, 2.45) is 0 Å². The van der Waals surface area contributed by atoms with Crippen molar-refractivity contribution in [2.45, 2.75) is 36.9 Å². The number of alkyl halides is 3. The van der Waals surface area contributed by atoms with Gasteiger partial charge in [0.2, 0.25) is 0 Å². The van der Waals surface area contributed by atoms with Crippen LogP contribution in [0.3, 0.4) is 0 Å². The van der Waals surface area contributed by atoms with Crippen molar-refractivity contribution in [1.29, 1.82) is 0 Å². The van der Waals surface area contributed by atoms with Crippen LogP contribution in [-0.4, -0.2) is 47.7 Å². The Morgan fingerprint density at radius 2 is 1.76 bits per heavy atom. The lowest BCUT2D eigenvalue weighted by Gasteiger charge is -2.34. The van der Waals surface area contributed by atoms with Gasteiger partial charge in [-0.2, -0.15) is 0 Å². The highest BCUT2D eigenvalue weighted by Gasteiger charge is 2.33. The minimum absolute atomic E-state index is 0.0985. The lowest BCUT2D eigenvalue weighted by atomic mass is 9.90. The lowest BCUT2D eigenvalue weighted by Crippen LogP contribution is -2.35. The van der Waals surface area contributed by atoms with Gasteiger partial charge in [0, 0.05) is 30.8 Å². The van der Waals surface area contributed by atoms with Crippen molar-refractivity contribution in [2.75, 3.05) is 23.3 Å². The van der Waals surface area contributed by atoms with E-state index in [2.05, 4.69) is 20.0 Å². The number of hydrogen-bond donors (Lipinski definition) is 1. The molecule has 232 valence electrons. The smallest absolute Gasteiger partial charge is 0.404 e. The number of nitrogens with zero attached hydrogens (tertiary/aromatic N) is 4. The molecule has 1 atom stereocenters. The summed E-state index contributed by atoms with van der Waals surface area (Å²) in [6.07, 6.45) is -0.690. The maximum absolute atomic E-state index is 13.4. The van der Waals surface area contributed by atoms with Crippen molar-refractivity contribution >= 4 is 38.5 Å². The molecule has 1 N–H and O–H groups in total. The van der Waals surface area contributed by atoms with Crippen LogP contribution in [0.25, 0.3) is 11.0 Å². The molecule has 0 spiro atoms. The minimum Gasteiger partial charge on any atom is -0.404 e. The largest absolute Gasteiger partial charge is 0.573 e. The maximum atomic E-state index is 13.4. The summed E-state index contributed by atoms with van der Waals surface area (Å²) in [7, 11) is -3.91. The summed E-state index contributed by atoms with van der Waals surface area (Å²) in [5.74, 6) is -0.665. The van der Waals surface area contributed by atoms with E-state index in [1.54, 1.807) is 66.7 Å². The zero-order valence-corrected chi connectivity index (χ0v) is 24.8. The molecule has 0 bridgehead atoms. The van der Waals surface area contributed by atoms with Crippen molar-refractivity contribution in [3.63, 3.8) is 0 Å². The normalized spacial score (nSPS) is 15.6. The molecule has 1 aliphatic rings. The average Bonchev–Trinajstić information content (AvgIpc) is 3.47. The number of carbonyl (C=O) groups excluding carboxylic acids is 1. The van der Waals surface area contributed by atoms with Crippen molar-refractivity contribution in [3.8, 4) is 5.75 Å². The number of piperidine rings is 1. The number of halogens is 3. The van der Waals surface area contributed by atoms with Gasteiger partial charge in [-0.25, -0.2) is 22.4 Å². The molecule has 1 amide bonds. The molecule has 2 aromatic heterocycles. The van der Waals surface area contributed by atoms with Crippen LogP contribution in [0, 0.1) is 6.92 Å². The zero-order chi connectivity index (χ0) is 31.8. The Bertz CT molecular complexity index is 1960. The van der Waals surface area contributed by atoms with Gasteiger partial charge in [0.1, 0.15) is 12.1 Å². The predicted octanol–water partition coefficient (Wildman–Crippen LogP) is 6.51. The molecule has 5 aromatic rings. The number of anilines is 2. The Balaban J connectivity index is 1.29. The fourth-order valence-corrected chi connectivity index (χ4v) is 6.82. The number of ether oxygens (including phenoxy) is 1. The van der Waals surface area contributed by atoms with E-state index >= 15 is 0 Å². The topological polar surface area (TPSA) is 106 Å². The first-order chi connectivity index (χ1) is 21.5. The van der Waals surface area contributed by atoms with Crippen LogP contribution in [0.5, 0.6) is 5.75 Å². The number of carbonyl (C=O) groups is 1. The quantitative estimate of drug-likeness (QED) is 0.217. The third-order valence-corrected chi connectivity index (χ3v) is 9.39. The van der Waals surface area contributed by atoms with Gasteiger partial charge in [0.25, 0.3) is 15.9 Å². The van der Waals surface area contributed by atoms with E-state index < -0.39 is 28.0 Å². The molecule has 1 fully saturated rings. The van der Waals surface area contributed by atoms with E-state index in [0.717, 1.165) is 22.4 Å². The summed E-state index contributed by atoms with van der Waals surface area (Å²) in [5, 5.41) is 3.13. The molecule has 45 heavy (non-hydrogen) atoms. The number of rotatable bonds is 7. The Labute approximate surface area is 257 Å². The summed E-state index contributed by atoms with van der Waals surface area (Å²) in [5.41, 5.74) is 2.07. The van der Waals surface area contributed by atoms with E-state index in [1.807, 2.05) is 11.8 Å². The summed E-state index contributed by atoms with van der Waals surface area (Å²) in [6, 6.07) is 20.7.